The van der Waals surface area contributed by atoms with Crippen LogP contribution >= 0.6 is 0 Å². The van der Waals surface area contributed by atoms with Crippen molar-refractivity contribution < 1.29 is 0 Å². The van der Waals surface area contributed by atoms with Gasteiger partial charge in [-0.15, -0.1) is 0 Å². The monoisotopic (exact) mass is 390 g/mol. The predicted molar refractivity (Wildman–Crippen MR) is 116 cm³/mol. The van der Waals surface area contributed by atoms with E-state index in [2.05, 4.69) is 13.8 Å². The van der Waals surface area contributed by atoms with Crippen molar-refractivity contribution in [3.8, 4) is 0 Å². The highest BCUT2D eigenvalue weighted by Gasteiger charge is 2.73. The number of fused-ring (bicyclic) bond motifs is 24. The molecule has 0 aromatic carbocycles. The highest BCUT2D eigenvalue weighted by molar-refractivity contribution is 5.21. The third-order valence-electron chi connectivity index (χ3n) is 14.7. The first-order valence-electron chi connectivity index (χ1n) is 14.1. The third-order valence-corrected chi connectivity index (χ3v) is 14.7. The largest absolute Gasteiger partial charge is 0.0593 e. The third kappa shape index (κ3) is 1.65. The fourth-order valence-corrected chi connectivity index (χ4v) is 15.0. The van der Waals surface area contributed by atoms with Gasteiger partial charge in [-0.3, -0.25) is 0 Å². The molecule has 8 bridgehead atoms. The second kappa shape index (κ2) is 4.98. The molecule has 0 N–H and O–H groups in total. The lowest BCUT2D eigenvalue weighted by molar-refractivity contribution is -0.0654. The van der Waals surface area contributed by atoms with Crippen molar-refractivity contribution in [1.29, 1.82) is 0 Å². The van der Waals surface area contributed by atoms with Crippen LogP contribution in [-0.4, -0.2) is 0 Å². The lowest BCUT2D eigenvalue weighted by Crippen LogP contribution is -2.49. The van der Waals surface area contributed by atoms with Gasteiger partial charge in [0.15, 0.2) is 0 Å². The van der Waals surface area contributed by atoms with E-state index in [1.165, 1.54) is 59.2 Å². The van der Waals surface area contributed by atoms with Crippen LogP contribution in [0.1, 0.15) is 78.1 Å². The Balaban J connectivity index is 1.13. The van der Waals surface area contributed by atoms with Crippen LogP contribution in [0.4, 0.5) is 0 Å². The maximum atomic E-state index is 2.85. The maximum absolute atomic E-state index is 2.85. The molecule has 0 heterocycles. The molecule has 0 spiro atoms. The SMILES string of the molecule is CC1(C)C2C(CCC3C4CC(C5C6CCC(C6)C45)C31)C1CC2C2C3CCC(C3)C12. The first kappa shape index (κ1) is 16.6. The molecule has 0 radical (unpaired) electrons. The van der Waals surface area contributed by atoms with E-state index in [-0.39, 0.29) is 0 Å². The average Bonchev–Trinajstić information content (AvgIpc) is 3.53. The zero-order valence-electron chi connectivity index (χ0n) is 18.8. The fourth-order valence-electron chi connectivity index (χ4n) is 15.0. The molecule has 16 unspecified atom stereocenters. The Bertz CT molecular complexity index is 702. The molecular weight excluding hydrogens is 348 g/mol. The summed E-state index contributed by atoms with van der Waals surface area (Å²) in [6.45, 7) is 5.69. The Morgan fingerprint density at radius 2 is 0.793 bits per heavy atom. The van der Waals surface area contributed by atoms with Crippen LogP contribution in [0.25, 0.3) is 0 Å². The maximum Gasteiger partial charge on any atom is -0.0287 e. The molecular formula is C29H42. The average molecular weight is 391 g/mol. The Hall–Kier alpha value is 0. The normalized spacial score (nSPS) is 71.4. The van der Waals surface area contributed by atoms with Gasteiger partial charge in [-0.1, -0.05) is 13.8 Å². The second-order valence-corrected chi connectivity index (χ2v) is 14.9. The first-order chi connectivity index (χ1) is 14.1. The molecule has 0 amide bonds. The molecule has 9 fully saturated rings. The number of hydrogen-bond donors (Lipinski definition) is 0. The van der Waals surface area contributed by atoms with Crippen molar-refractivity contribution in [2.24, 2.45) is 100 Å². The molecule has 9 aliphatic rings. The van der Waals surface area contributed by atoms with E-state index in [1.54, 1.807) is 64.2 Å². The molecule has 0 nitrogen and oxygen atoms in total. The zero-order valence-corrected chi connectivity index (χ0v) is 18.8. The van der Waals surface area contributed by atoms with Crippen molar-refractivity contribution in [3.63, 3.8) is 0 Å². The van der Waals surface area contributed by atoms with Gasteiger partial charge in [-0.25, -0.2) is 0 Å². The van der Waals surface area contributed by atoms with Crippen LogP contribution in [0.5, 0.6) is 0 Å². The number of rotatable bonds is 0. The van der Waals surface area contributed by atoms with Crippen molar-refractivity contribution in [2.75, 3.05) is 0 Å². The van der Waals surface area contributed by atoms with Gasteiger partial charge in [0.05, 0.1) is 0 Å². The molecule has 0 aliphatic heterocycles. The van der Waals surface area contributed by atoms with E-state index in [1.807, 2.05) is 0 Å². The van der Waals surface area contributed by atoms with Crippen molar-refractivity contribution in [3.05, 3.63) is 0 Å². The summed E-state index contributed by atoms with van der Waals surface area (Å²) >= 11 is 0. The minimum atomic E-state index is 0.657. The summed E-state index contributed by atoms with van der Waals surface area (Å²) in [5.74, 6) is 18.7. The Labute approximate surface area is 178 Å². The van der Waals surface area contributed by atoms with Crippen molar-refractivity contribution in [2.45, 2.75) is 78.1 Å². The topological polar surface area (TPSA) is 0 Å². The molecule has 0 aromatic heterocycles. The van der Waals surface area contributed by atoms with E-state index >= 15 is 0 Å². The summed E-state index contributed by atoms with van der Waals surface area (Å²) in [6, 6.07) is 0. The molecule has 9 saturated carbocycles. The lowest BCUT2D eigenvalue weighted by atomic mass is 9.51. The summed E-state index contributed by atoms with van der Waals surface area (Å²) in [7, 11) is 0. The van der Waals surface area contributed by atoms with Crippen LogP contribution < -0.4 is 0 Å². The molecule has 0 aromatic rings. The molecule has 0 saturated heterocycles. The highest BCUT2D eigenvalue weighted by Crippen LogP contribution is 2.79. The van der Waals surface area contributed by atoms with Crippen LogP contribution in [0.3, 0.4) is 0 Å². The molecule has 0 heteroatoms. The summed E-state index contributed by atoms with van der Waals surface area (Å²) in [4.78, 5) is 0. The standard InChI is InChI=1S/C29H42/c1-29(2)27-17(19-11-21(27)25-15-5-3-13(9-15)23(19)25)7-8-18-20-12-22(28(18)29)26-16-6-4-14(10-16)24(20)26/h13-28H,3-12H2,1-2H3. The van der Waals surface area contributed by atoms with Gasteiger partial charge in [0, 0.05) is 0 Å². The van der Waals surface area contributed by atoms with Crippen molar-refractivity contribution in [1.82, 2.24) is 0 Å². The molecule has 9 rings (SSSR count). The quantitative estimate of drug-likeness (QED) is 0.395. The fraction of sp³-hybridized carbons (Fsp3) is 1.00. The van der Waals surface area contributed by atoms with Crippen molar-refractivity contribution >= 4 is 0 Å². The van der Waals surface area contributed by atoms with Gasteiger partial charge in [0.1, 0.15) is 0 Å². The Morgan fingerprint density at radius 1 is 0.414 bits per heavy atom. The minimum Gasteiger partial charge on any atom is -0.0593 e. The van der Waals surface area contributed by atoms with Gasteiger partial charge >= 0.3 is 0 Å². The van der Waals surface area contributed by atoms with E-state index in [4.69, 9.17) is 0 Å². The second-order valence-electron chi connectivity index (χ2n) is 14.9. The van der Waals surface area contributed by atoms with E-state index in [9.17, 15) is 0 Å². The summed E-state index contributed by atoms with van der Waals surface area (Å²) < 4.78 is 0. The minimum absolute atomic E-state index is 0.657. The highest BCUT2D eigenvalue weighted by atomic mass is 14.8. The van der Waals surface area contributed by atoms with Gasteiger partial charge < -0.3 is 0 Å². The summed E-state index contributed by atoms with van der Waals surface area (Å²) in [5, 5.41) is 0. The summed E-state index contributed by atoms with van der Waals surface area (Å²) in [5.41, 5.74) is 0.657. The lowest BCUT2D eigenvalue weighted by Gasteiger charge is -2.54. The predicted octanol–water partition coefficient (Wildman–Crippen LogP) is 6.90. The van der Waals surface area contributed by atoms with Crippen LogP contribution in [0.15, 0.2) is 0 Å². The number of hydrogen-bond acceptors (Lipinski definition) is 0. The molecule has 158 valence electrons. The zero-order chi connectivity index (χ0) is 18.8. The molecule has 9 aliphatic carbocycles. The Kier molecular flexibility index (Phi) is 2.85. The van der Waals surface area contributed by atoms with E-state index in [0.29, 0.717) is 5.41 Å². The first-order valence-corrected chi connectivity index (χ1v) is 14.1. The smallest absolute Gasteiger partial charge is 0.0287 e. The van der Waals surface area contributed by atoms with E-state index in [0.717, 1.165) is 35.5 Å². The summed E-state index contributed by atoms with van der Waals surface area (Å²) in [6.07, 6.45) is 16.5. The van der Waals surface area contributed by atoms with Gasteiger partial charge in [-0.2, -0.15) is 0 Å². The van der Waals surface area contributed by atoms with Gasteiger partial charge in [0.2, 0.25) is 0 Å². The Morgan fingerprint density at radius 3 is 1.21 bits per heavy atom. The van der Waals surface area contributed by atoms with Crippen LogP contribution in [0, 0.1) is 100 Å². The molecule has 29 heavy (non-hydrogen) atoms. The van der Waals surface area contributed by atoms with Crippen LogP contribution in [-0.2, 0) is 0 Å². The molecule has 16 atom stereocenters. The van der Waals surface area contributed by atoms with E-state index < -0.39 is 0 Å². The van der Waals surface area contributed by atoms with Gasteiger partial charge in [0.25, 0.3) is 0 Å². The van der Waals surface area contributed by atoms with Crippen LogP contribution in [0.2, 0.25) is 0 Å². The van der Waals surface area contributed by atoms with Gasteiger partial charge in [-0.05, 0) is 164 Å².